The molecular weight excluding hydrogens is 350 g/mol. The van der Waals surface area contributed by atoms with Gasteiger partial charge in [-0.15, -0.1) is 0 Å². The molecule has 0 unspecified atom stereocenters. The highest BCUT2D eigenvalue weighted by atomic mass is 19.4. The van der Waals surface area contributed by atoms with E-state index in [2.05, 4.69) is 15.6 Å². The highest BCUT2D eigenvalue weighted by Gasteiger charge is 2.33. The van der Waals surface area contributed by atoms with Crippen LogP contribution in [-0.2, 0) is 19.3 Å². The van der Waals surface area contributed by atoms with E-state index in [1.54, 1.807) is 7.11 Å². The Balaban J connectivity index is 2.01. The summed E-state index contributed by atoms with van der Waals surface area (Å²) in [6.07, 6.45) is -4.63. The van der Waals surface area contributed by atoms with Gasteiger partial charge in [0.1, 0.15) is 11.6 Å². The smallest absolute Gasteiger partial charge is 0.416 e. The van der Waals surface area contributed by atoms with Crippen molar-refractivity contribution < 1.29 is 22.3 Å². The number of halogens is 4. The number of hydrogen-bond donors (Lipinski definition) is 2. The van der Waals surface area contributed by atoms with Crippen molar-refractivity contribution in [3.05, 3.63) is 65.0 Å². The summed E-state index contributed by atoms with van der Waals surface area (Å²) in [6.45, 7) is 0.263. The third-order valence-corrected chi connectivity index (χ3v) is 3.64. The van der Waals surface area contributed by atoms with Crippen LogP contribution in [0, 0.1) is 5.82 Å². The molecule has 0 spiro atoms. The number of alkyl halides is 3. The monoisotopic (exact) mass is 369 g/mol. The second kappa shape index (κ2) is 8.55. The van der Waals surface area contributed by atoms with Gasteiger partial charge in [-0.3, -0.25) is 4.99 Å². The summed E-state index contributed by atoms with van der Waals surface area (Å²) >= 11 is 0. The first-order valence-corrected chi connectivity index (χ1v) is 7.76. The molecule has 0 saturated heterocycles. The summed E-state index contributed by atoms with van der Waals surface area (Å²) in [5.74, 6) is 0.0975. The van der Waals surface area contributed by atoms with E-state index in [4.69, 9.17) is 4.74 Å². The van der Waals surface area contributed by atoms with Crippen molar-refractivity contribution in [1.82, 2.24) is 10.6 Å². The second-order valence-corrected chi connectivity index (χ2v) is 5.43. The number of methoxy groups -OCH3 is 1. The van der Waals surface area contributed by atoms with Crippen molar-refractivity contribution in [3.63, 3.8) is 0 Å². The molecule has 0 aliphatic carbocycles. The molecule has 8 heteroatoms. The van der Waals surface area contributed by atoms with Crippen LogP contribution in [0.4, 0.5) is 17.6 Å². The minimum atomic E-state index is -4.63. The number of aliphatic imine (C=N–C) groups is 1. The average Bonchev–Trinajstić information content (AvgIpc) is 2.62. The Bertz CT molecular complexity index is 775. The number of rotatable bonds is 5. The Morgan fingerprint density at radius 3 is 2.46 bits per heavy atom. The van der Waals surface area contributed by atoms with E-state index >= 15 is 0 Å². The lowest BCUT2D eigenvalue weighted by Crippen LogP contribution is -2.36. The number of nitrogens with one attached hydrogen (secondary N) is 2. The lowest BCUT2D eigenvalue weighted by Gasteiger charge is -2.16. The summed E-state index contributed by atoms with van der Waals surface area (Å²) in [4.78, 5) is 3.98. The molecule has 2 rings (SSSR count). The molecule has 0 amide bonds. The molecule has 2 N–H and O–H groups in total. The Morgan fingerprint density at radius 1 is 1.08 bits per heavy atom. The van der Waals surface area contributed by atoms with Gasteiger partial charge in [0.15, 0.2) is 5.96 Å². The first kappa shape index (κ1) is 19.6. The predicted octanol–water partition coefficient (Wildman–Crippen LogP) is 3.72. The van der Waals surface area contributed by atoms with Crippen molar-refractivity contribution in [2.24, 2.45) is 4.99 Å². The molecule has 0 radical (unpaired) electrons. The molecule has 0 aliphatic heterocycles. The van der Waals surface area contributed by atoms with Gasteiger partial charge in [0, 0.05) is 20.1 Å². The maximum Gasteiger partial charge on any atom is 0.416 e. The van der Waals surface area contributed by atoms with Crippen LogP contribution in [0.3, 0.4) is 0 Å². The van der Waals surface area contributed by atoms with Crippen LogP contribution < -0.4 is 15.4 Å². The van der Waals surface area contributed by atoms with Crippen LogP contribution in [0.5, 0.6) is 5.75 Å². The summed E-state index contributed by atoms with van der Waals surface area (Å²) in [5, 5.41) is 5.81. The van der Waals surface area contributed by atoms with Gasteiger partial charge < -0.3 is 15.4 Å². The lowest BCUT2D eigenvalue weighted by atomic mass is 10.1. The van der Waals surface area contributed by atoms with Crippen LogP contribution in [-0.4, -0.2) is 20.1 Å². The summed E-state index contributed by atoms with van der Waals surface area (Å²) in [6, 6.07) is 9.96. The molecule has 0 bridgehead atoms. The Kier molecular flexibility index (Phi) is 6.43. The van der Waals surface area contributed by atoms with Crippen molar-refractivity contribution in [2.75, 3.05) is 14.2 Å². The van der Waals surface area contributed by atoms with Gasteiger partial charge in [-0.25, -0.2) is 4.39 Å². The summed E-state index contributed by atoms with van der Waals surface area (Å²) in [5.41, 5.74) is -0.151. The quantitative estimate of drug-likeness (QED) is 0.480. The molecule has 0 aliphatic rings. The fraction of sp³-hybridized carbons (Fsp3) is 0.278. The number of benzene rings is 2. The summed E-state index contributed by atoms with van der Waals surface area (Å²) in [7, 11) is 3.07. The number of ether oxygens (including phenoxy) is 1. The van der Waals surface area contributed by atoms with Gasteiger partial charge >= 0.3 is 6.18 Å². The predicted molar refractivity (Wildman–Crippen MR) is 91.4 cm³/mol. The van der Waals surface area contributed by atoms with Crippen molar-refractivity contribution in [2.45, 2.75) is 19.3 Å². The molecule has 4 nitrogen and oxygen atoms in total. The van der Waals surface area contributed by atoms with Gasteiger partial charge in [0.25, 0.3) is 0 Å². The zero-order valence-corrected chi connectivity index (χ0v) is 14.3. The van der Waals surface area contributed by atoms with E-state index in [0.29, 0.717) is 24.3 Å². The second-order valence-electron chi connectivity index (χ2n) is 5.43. The fourth-order valence-corrected chi connectivity index (χ4v) is 2.33. The first-order valence-electron chi connectivity index (χ1n) is 7.76. The molecule has 0 fully saturated rings. The maximum atomic E-state index is 13.1. The molecule has 2 aromatic carbocycles. The normalized spacial score (nSPS) is 12.0. The van der Waals surface area contributed by atoms with Gasteiger partial charge in [0.05, 0.1) is 12.7 Å². The Hall–Kier alpha value is -2.77. The van der Waals surface area contributed by atoms with E-state index in [1.165, 1.54) is 7.05 Å². The highest BCUT2D eigenvalue weighted by Crippen LogP contribution is 2.32. The zero-order chi connectivity index (χ0) is 19.2. The average molecular weight is 369 g/mol. The Labute approximate surface area is 148 Å². The van der Waals surface area contributed by atoms with Crippen molar-refractivity contribution in [1.29, 1.82) is 0 Å². The van der Waals surface area contributed by atoms with Crippen LogP contribution in [0.1, 0.15) is 16.7 Å². The molecule has 26 heavy (non-hydrogen) atoms. The highest BCUT2D eigenvalue weighted by molar-refractivity contribution is 5.79. The zero-order valence-electron chi connectivity index (χ0n) is 14.3. The van der Waals surface area contributed by atoms with E-state index in [-0.39, 0.29) is 12.1 Å². The van der Waals surface area contributed by atoms with Crippen LogP contribution in [0.15, 0.2) is 47.5 Å². The first-order chi connectivity index (χ1) is 12.3. The van der Waals surface area contributed by atoms with Crippen LogP contribution in [0.25, 0.3) is 0 Å². The third kappa shape index (κ3) is 5.37. The van der Waals surface area contributed by atoms with E-state index < -0.39 is 17.6 Å². The topological polar surface area (TPSA) is 45.7 Å². The summed E-state index contributed by atoms with van der Waals surface area (Å²) < 4.78 is 57.4. The maximum absolute atomic E-state index is 13.1. The fourth-order valence-electron chi connectivity index (χ4n) is 2.33. The van der Waals surface area contributed by atoms with Gasteiger partial charge in [-0.1, -0.05) is 18.2 Å². The SMILES string of the molecule is CN=C(NCc1cccc(OC)c1)NCc1ccc(F)cc1C(F)(F)F. The van der Waals surface area contributed by atoms with E-state index in [0.717, 1.165) is 17.7 Å². The van der Waals surface area contributed by atoms with Crippen LogP contribution in [0.2, 0.25) is 0 Å². The van der Waals surface area contributed by atoms with Gasteiger partial charge in [-0.05, 0) is 35.4 Å². The van der Waals surface area contributed by atoms with Crippen LogP contribution >= 0.6 is 0 Å². The minimum absolute atomic E-state index is 0.0665. The molecular formula is C18H19F4N3O. The third-order valence-electron chi connectivity index (χ3n) is 3.64. The molecule has 0 atom stereocenters. The molecule has 0 heterocycles. The number of guanidine groups is 1. The van der Waals surface area contributed by atoms with E-state index in [9.17, 15) is 17.6 Å². The van der Waals surface area contributed by atoms with Gasteiger partial charge in [-0.2, -0.15) is 13.2 Å². The number of hydrogen-bond acceptors (Lipinski definition) is 2. The molecule has 0 saturated carbocycles. The van der Waals surface area contributed by atoms with Crippen molar-refractivity contribution >= 4 is 5.96 Å². The van der Waals surface area contributed by atoms with Crippen molar-refractivity contribution in [3.8, 4) is 5.75 Å². The molecule has 2 aromatic rings. The molecule has 140 valence electrons. The number of nitrogens with zero attached hydrogens (tertiary/aromatic N) is 1. The standard InChI is InChI=1S/C18H19F4N3O/c1-23-17(24-10-12-4-3-5-15(8-12)26-2)25-11-13-6-7-14(19)9-16(13)18(20,21)22/h3-9H,10-11H2,1-2H3,(H2,23,24,25). The van der Waals surface area contributed by atoms with Gasteiger partial charge in [0.2, 0.25) is 0 Å². The van der Waals surface area contributed by atoms with E-state index in [1.807, 2.05) is 24.3 Å². The lowest BCUT2D eigenvalue weighted by molar-refractivity contribution is -0.138. The molecule has 0 aromatic heterocycles. The minimum Gasteiger partial charge on any atom is -0.497 e. The Morgan fingerprint density at radius 2 is 1.81 bits per heavy atom. The largest absolute Gasteiger partial charge is 0.497 e.